The fourth-order valence-electron chi connectivity index (χ4n) is 2.57. The maximum atomic E-state index is 12.0. The van der Waals surface area contributed by atoms with E-state index in [0.717, 1.165) is 6.42 Å². The molecule has 1 saturated carbocycles. The van der Waals surface area contributed by atoms with Gasteiger partial charge < -0.3 is 41.5 Å². The largest absolute Gasteiger partial charge is 0.481 e. The Labute approximate surface area is 183 Å². The number of aliphatic carboxylic acids is 3. The SMILES string of the molecule is COC(=O)C1(NC(=O)[C@H](C)NC(=O)[C@H](C)N)CCC1.O=C(O)CC(O)(CC(=O)O)C(=O)O. The van der Waals surface area contributed by atoms with Gasteiger partial charge in [0.15, 0.2) is 5.60 Å². The summed E-state index contributed by atoms with van der Waals surface area (Å²) in [5.74, 6) is -6.30. The fraction of sp³-hybridized carbons (Fsp3) is 0.667. The summed E-state index contributed by atoms with van der Waals surface area (Å²) in [6.07, 6.45) is -0.321. The summed E-state index contributed by atoms with van der Waals surface area (Å²) >= 11 is 0. The van der Waals surface area contributed by atoms with Crippen molar-refractivity contribution < 1.29 is 53.9 Å². The number of carboxylic acid groups (broad SMARTS) is 3. The first kappa shape index (κ1) is 28.7. The summed E-state index contributed by atoms with van der Waals surface area (Å²) in [5, 5.41) is 38.9. The van der Waals surface area contributed by atoms with Crippen molar-refractivity contribution in [1.82, 2.24) is 10.6 Å². The summed E-state index contributed by atoms with van der Waals surface area (Å²) in [7, 11) is 1.29. The fourth-order valence-corrected chi connectivity index (χ4v) is 2.57. The third-order valence-electron chi connectivity index (χ3n) is 4.60. The average Bonchev–Trinajstić information content (AvgIpc) is 2.62. The van der Waals surface area contributed by atoms with Crippen molar-refractivity contribution in [2.24, 2.45) is 5.73 Å². The molecule has 1 rings (SSSR count). The zero-order chi connectivity index (χ0) is 25.3. The molecule has 0 aromatic heterocycles. The van der Waals surface area contributed by atoms with Crippen molar-refractivity contribution in [2.75, 3.05) is 7.11 Å². The average molecular weight is 463 g/mol. The van der Waals surface area contributed by atoms with Gasteiger partial charge in [0.1, 0.15) is 11.6 Å². The molecule has 0 bridgehead atoms. The summed E-state index contributed by atoms with van der Waals surface area (Å²) in [4.78, 5) is 65.5. The zero-order valence-electron chi connectivity index (χ0n) is 17.9. The molecule has 1 aliphatic carbocycles. The van der Waals surface area contributed by atoms with Gasteiger partial charge in [0.05, 0.1) is 26.0 Å². The van der Waals surface area contributed by atoms with Crippen molar-refractivity contribution in [1.29, 1.82) is 0 Å². The highest BCUT2D eigenvalue weighted by Crippen LogP contribution is 2.33. The second kappa shape index (κ2) is 12.0. The highest BCUT2D eigenvalue weighted by molar-refractivity contribution is 5.93. The number of nitrogens with one attached hydrogen (secondary N) is 2. The summed E-state index contributed by atoms with van der Waals surface area (Å²) in [5.41, 5.74) is 1.73. The van der Waals surface area contributed by atoms with Gasteiger partial charge in [0, 0.05) is 0 Å². The standard InChI is InChI=1S/C12H21N3O4.C6H8O7/c1-7(13)9(16)14-8(2)10(17)15-12(5-4-6-12)11(18)19-3;7-3(8)1-6(13,5(11)12)2-4(9)10/h7-8H,4-6,13H2,1-3H3,(H,14,16)(H,15,17);13H,1-2H2,(H,7,8)(H,9,10)(H,11,12)/t7-,8-;/m0./s1. The molecular weight excluding hydrogens is 434 g/mol. The number of esters is 1. The summed E-state index contributed by atoms with van der Waals surface area (Å²) < 4.78 is 4.70. The number of rotatable bonds is 10. The van der Waals surface area contributed by atoms with Crippen LogP contribution >= 0.6 is 0 Å². The van der Waals surface area contributed by atoms with Crippen LogP contribution in [0.25, 0.3) is 0 Å². The second-order valence-electron chi connectivity index (χ2n) is 7.41. The Morgan fingerprint density at radius 2 is 1.47 bits per heavy atom. The van der Waals surface area contributed by atoms with E-state index < -0.39 is 71.8 Å². The lowest BCUT2D eigenvalue weighted by Gasteiger charge is -2.40. The van der Waals surface area contributed by atoms with Gasteiger partial charge in [-0.1, -0.05) is 0 Å². The Hall–Kier alpha value is -3.26. The van der Waals surface area contributed by atoms with Gasteiger partial charge in [-0.2, -0.15) is 0 Å². The minimum Gasteiger partial charge on any atom is -0.481 e. The smallest absolute Gasteiger partial charge is 0.336 e. The van der Waals surface area contributed by atoms with E-state index in [1.165, 1.54) is 14.0 Å². The van der Waals surface area contributed by atoms with Crippen LogP contribution in [0.2, 0.25) is 0 Å². The first-order valence-corrected chi connectivity index (χ1v) is 9.46. The van der Waals surface area contributed by atoms with Crippen LogP contribution in [-0.4, -0.2) is 86.5 Å². The molecule has 0 saturated heterocycles. The lowest BCUT2D eigenvalue weighted by atomic mass is 9.76. The Bertz CT molecular complexity index is 730. The molecule has 1 fully saturated rings. The molecule has 1 aliphatic rings. The lowest BCUT2D eigenvalue weighted by Crippen LogP contribution is -2.63. The molecule has 0 aromatic rings. The van der Waals surface area contributed by atoms with E-state index in [1.54, 1.807) is 6.92 Å². The molecule has 0 aromatic carbocycles. The molecule has 2 atom stereocenters. The van der Waals surface area contributed by atoms with Crippen LogP contribution in [0.1, 0.15) is 46.0 Å². The van der Waals surface area contributed by atoms with Crippen LogP contribution in [0.4, 0.5) is 0 Å². The third-order valence-corrected chi connectivity index (χ3v) is 4.60. The van der Waals surface area contributed by atoms with Crippen molar-refractivity contribution >= 4 is 35.7 Å². The van der Waals surface area contributed by atoms with Crippen molar-refractivity contribution in [2.45, 2.75) is 69.2 Å². The molecule has 182 valence electrons. The molecule has 0 aliphatic heterocycles. The number of carbonyl (C=O) groups excluding carboxylic acids is 3. The van der Waals surface area contributed by atoms with Gasteiger partial charge in [0.2, 0.25) is 11.8 Å². The number of hydrogen-bond acceptors (Lipinski definition) is 9. The van der Waals surface area contributed by atoms with Crippen LogP contribution in [0.3, 0.4) is 0 Å². The Kier molecular flexibility index (Phi) is 10.7. The summed E-state index contributed by atoms with van der Waals surface area (Å²) in [6.45, 7) is 3.07. The molecule has 0 unspecified atom stereocenters. The molecule has 32 heavy (non-hydrogen) atoms. The van der Waals surface area contributed by atoms with Crippen LogP contribution in [0, 0.1) is 0 Å². The number of hydrogen-bond donors (Lipinski definition) is 7. The highest BCUT2D eigenvalue weighted by atomic mass is 16.5. The molecule has 14 nitrogen and oxygen atoms in total. The van der Waals surface area contributed by atoms with Crippen molar-refractivity contribution in [3.8, 4) is 0 Å². The molecule has 0 radical (unpaired) electrons. The normalized spacial score (nSPS) is 16.0. The first-order chi connectivity index (χ1) is 14.6. The van der Waals surface area contributed by atoms with E-state index in [-0.39, 0.29) is 0 Å². The van der Waals surface area contributed by atoms with E-state index in [4.69, 9.17) is 30.9 Å². The molecule has 0 spiro atoms. The number of carboxylic acids is 3. The zero-order valence-corrected chi connectivity index (χ0v) is 17.9. The van der Waals surface area contributed by atoms with Crippen LogP contribution < -0.4 is 16.4 Å². The van der Waals surface area contributed by atoms with E-state index >= 15 is 0 Å². The number of amides is 2. The minimum absolute atomic E-state index is 0.414. The number of nitrogens with two attached hydrogens (primary N) is 1. The highest BCUT2D eigenvalue weighted by Gasteiger charge is 2.47. The van der Waals surface area contributed by atoms with Gasteiger partial charge in [-0.3, -0.25) is 19.2 Å². The van der Waals surface area contributed by atoms with Crippen molar-refractivity contribution in [3.05, 3.63) is 0 Å². The molecule has 2 amide bonds. The number of carbonyl (C=O) groups is 6. The van der Waals surface area contributed by atoms with Gasteiger partial charge in [0.25, 0.3) is 0 Å². The molecule has 0 heterocycles. The molecular formula is C18H29N3O11. The molecule has 14 heteroatoms. The third kappa shape index (κ3) is 8.47. The quantitative estimate of drug-likeness (QED) is 0.171. The van der Waals surface area contributed by atoms with Crippen LogP contribution in [0.5, 0.6) is 0 Å². The lowest BCUT2D eigenvalue weighted by molar-refractivity contribution is -0.170. The number of methoxy groups -OCH3 is 1. The number of ether oxygens (including phenoxy) is 1. The maximum Gasteiger partial charge on any atom is 0.336 e. The van der Waals surface area contributed by atoms with Gasteiger partial charge in [-0.25, -0.2) is 9.59 Å². The second-order valence-corrected chi connectivity index (χ2v) is 7.41. The predicted molar refractivity (Wildman–Crippen MR) is 105 cm³/mol. The Morgan fingerprint density at radius 3 is 1.75 bits per heavy atom. The summed E-state index contributed by atoms with van der Waals surface area (Å²) in [6, 6.07) is -1.44. The Morgan fingerprint density at radius 1 is 1.00 bits per heavy atom. The van der Waals surface area contributed by atoms with E-state index in [2.05, 4.69) is 10.6 Å². The van der Waals surface area contributed by atoms with Crippen LogP contribution in [0.15, 0.2) is 0 Å². The van der Waals surface area contributed by atoms with E-state index in [9.17, 15) is 28.8 Å². The van der Waals surface area contributed by atoms with E-state index in [1.807, 2.05) is 0 Å². The van der Waals surface area contributed by atoms with Crippen LogP contribution in [-0.2, 0) is 33.5 Å². The number of aliphatic hydroxyl groups is 1. The van der Waals surface area contributed by atoms with E-state index in [0.29, 0.717) is 12.8 Å². The topological polar surface area (TPSA) is 243 Å². The Balaban J connectivity index is 0.000000649. The van der Waals surface area contributed by atoms with Gasteiger partial charge >= 0.3 is 23.9 Å². The van der Waals surface area contributed by atoms with Crippen molar-refractivity contribution in [3.63, 3.8) is 0 Å². The van der Waals surface area contributed by atoms with Gasteiger partial charge in [-0.05, 0) is 33.1 Å². The maximum absolute atomic E-state index is 12.0. The predicted octanol–water partition coefficient (Wildman–Crippen LogP) is -2.20. The first-order valence-electron chi connectivity index (χ1n) is 9.46. The molecule has 8 N–H and O–H groups in total. The minimum atomic E-state index is -2.74. The van der Waals surface area contributed by atoms with Gasteiger partial charge in [-0.15, -0.1) is 0 Å². The monoisotopic (exact) mass is 463 g/mol.